The second kappa shape index (κ2) is 24.5. The topological polar surface area (TPSA) is 142 Å². The van der Waals surface area contributed by atoms with Crippen LogP contribution < -0.4 is 10.1 Å². The van der Waals surface area contributed by atoms with Crippen molar-refractivity contribution >= 4 is 12.1 Å². The van der Waals surface area contributed by atoms with Gasteiger partial charge in [-0.3, -0.25) is 0 Å². The van der Waals surface area contributed by atoms with Crippen molar-refractivity contribution in [3.8, 4) is 45.7 Å². The minimum Gasteiger partial charge on any atom is -0.507 e. The number of nitrogens with zero attached hydrogens (tertiary/aromatic N) is 3. The Labute approximate surface area is 344 Å². The largest absolute Gasteiger partial charge is 0.507 e. The van der Waals surface area contributed by atoms with Gasteiger partial charge in [-0.1, -0.05) is 125 Å². The van der Waals surface area contributed by atoms with Crippen molar-refractivity contribution in [3.05, 3.63) is 89.5 Å². The summed E-state index contributed by atoms with van der Waals surface area (Å²) in [6.45, 7) is 14.4. The Kier molecular flexibility index (Phi) is 19.2. The summed E-state index contributed by atoms with van der Waals surface area (Å²) >= 11 is 0. The van der Waals surface area contributed by atoms with Gasteiger partial charge in [-0.15, -0.1) is 0 Å². The molecule has 1 heterocycles. The summed E-state index contributed by atoms with van der Waals surface area (Å²) in [5.74, 6) is 1.01. The van der Waals surface area contributed by atoms with Gasteiger partial charge in [0.05, 0.1) is 18.7 Å². The zero-order valence-electron chi connectivity index (χ0n) is 35.1. The number of unbranched alkanes of at least 4 members (excludes halogenated alkanes) is 10. The quantitative estimate of drug-likeness (QED) is 0.0378. The Hall–Kier alpha value is -5.29. The van der Waals surface area contributed by atoms with Crippen LogP contribution in [0.25, 0.3) is 34.2 Å². The summed E-state index contributed by atoms with van der Waals surface area (Å²) in [4.78, 5) is 38.5. The maximum Gasteiger partial charge on any atom is 0.407 e. The highest BCUT2D eigenvalue weighted by Gasteiger charge is 2.20. The van der Waals surface area contributed by atoms with Crippen molar-refractivity contribution < 1.29 is 33.6 Å². The van der Waals surface area contributed by atoms with Gasteiger partial charge in [0.25, 0.3) is 0 Å². The van der Waals surface area contributed by atoms with E-state index in [2.05, 4.69) is 31.0 Å². The van der Waals surface area contributed by atoms with E-state index in [9.17, 15) is 14.7 Å². The molecule has 0 fully saturated rings. The van der Waals surface area contributed by atoms with E-state index in [0.717, 1.165) is 52.3 Å². The number of benzene rings is 3. The summed E-state index contributed by atoms with van der Waals surface area (Å²) in [6.07, 6.45) is 13.2. The third-order valence-electron chi connectivity index (χ3n) is 9.78. The van der Waals surface area contributed by atoms with Crippen molar-refractivity contribution in [2.75, 3.05) is 33.0 Å². The normalized spacial score (nSPS) is 11.5. The second-order valence-corrected chi connectivity index (χ2v) is 14.9. The number of aromatic nitrogens is 3. The van der Waals surface area contributed by atoms with E-state index in [0.29, 0.717) is 35.4 Å². The first-order chi connectivity index (χ1) is 28.1. The number of carbonyl (C=O) groups is 2. The lowest BCUT2D eigenvalue weighted by atomic mass is 10.0. The Morgan fingerprint density at radius 2 is 1.24 bits per heavy atom. The molecule has 0 saturated heterocycles. The van der Waals surface area contributed by atoms with Gasteiger partial charge < -0.3 is 29.4 Å². The molecule has 0 aliphatic rings. The lowest BCUT2D eigenvalue weighted by Gasteiger charge is -2.19. The molecule has 11 heteroatoms. The van der Waals surface area contributed by atoms with Crippen LogP contribution in [0.5, 0.6) is 11.5 Å². The first kappa shape index (κ1) is 45.4. The molecule has 1 atom stereocenters. The first-order valence-corrected chi connectivity index (χ1v) is 20.8. The van der Waals surface area contributed by atoms with E-state index in [1.165, 1.54) is 63.9 Å². The van der Waals surface area contributed by atoms with Gasteiger partial charge in [-0.05, 0) is 57.4 Å². The van der Waals surface area contributed by atoms with Crippen molar-refractivity contribution in [1.82, 2.24) is 20.3 Å². The molecule has 0 aliphatic heterocycles. The van der Waals surface area contributed by atoms with Crippen LogP contribution in [-0.4, -0.2) is 71.2 Å². The van der Waals surface area contributed by atoms with Gasteiger partial charge in [0.15, 0.2) is 23.6 Å². The van der Waals surface area contributed by atoms with Gasteiger partial charge in [-0.25, -0.2) is 24.5 Å². The zero-order chi connectivity index (χ0) is 41.7. The summed E-state index contributed by atoms with van der Waals surface area (Å²) < 4.78 is 22.5. The van der Waals surface area contributed by atoms with Gasteiger partial charge in [0.1, 0.15) is 24.7 Å². The van der Waals surface area contributed by atoms with E-state index < -0.39 is 18.2 Å². The van der Waals surface area contributed by atoms with Gasteiger partial charge in [-0.2, -0.15) is 0 Å². The van der Waals surface area contributed by atoms with E-state index in [1.807, 2.05) is 52.0 Å². The van der Waals surface area contributed by atoms with Gasteiger partial charge in [0.2, 0.25) is 0 Å². The minimum atomic E-state index is -0.755. The number of hydrogen-bond donors (Lipinski definition) is 2. The molecular weight excluding hydrogens is 733 g/mol. The first-order valence-electron chi connectivity index (χ1n) is 20.8. The molecule has 1 unspecified atom stereocenters. The number of amides is 1. The Balaban J connectivity index is 1.41. The number of aryl methyl sites for hydroxylation is 4. The number of nitrogens with one attached hydrogen (secondary N) is 1. The number of aromatic hydroxyl groups is 1. The van der Waals surface area contributed by atoms with E-state index in [4.69, 9.17) is 33.9 Å². The highest BCUT2D eigenvalue weighted by molar-refractivity contribution is 5.81. The molecule has 1 amide bonds. The molecule has 0 aliphatic carbocycles. The molecule has 0 saturated carbocycles. The highest BCUT2D eigenvalue weighted by Crippen LogP contribution is 2.34. The Morgan fingerprint density at radius 1 is 0.707 bits per heavy atom. The average Bonchev–Trinajstić information content (AvgIpc) is 3.20. The fourth-order valence-corrected chi connectivity index (χ4v) is 6.60. The van der Waals surface area contributed by atoms with E-state index in [1.54, 1.807) is 12.1 Å². The zero-order valence-corrected chi connectivity index (χ0v) is 35.1. The number of phenolic OH excluding ortho intramolecular Hbond substituents is 1. The number of esters is 1. The van der Waals surface area contributed by atoms with Crippen molar-refractivity contribution in [1.29, 1.82) is 0 Å². The molecule has 4 rings (SSSR count). The molecule has 0 radical (unpaired) electrons. The SMILES string of the molecule is C=CC(=O)OCCNC(=O)OC(COCCCCCCCCCCCCC)COc1ccc(-c2nc(-c3ccc(C)cc3C)nc(-c3ccc(C)cc3C)n2)c(O)c1. The van der Waals surface area contributed by atoms with Crippen LogP contribution in [0.4, 0.5) is 4.79 Å². The maximum absolute atomic E-state index is 12.6. The van der Waals surface area contributed by atoms with Crippen LogP contribution in [-0.2, 0) is 19.0 Å². The smallest absolute Gasteiger partial charge is 0.407 e. The van der Waals surface area contributed by atoms with Crippen molar-refractivity contribution in [2.24, 2.45) is 0 Å². The molecule has 4 aromatic rings. The number of hydrogen-bond acceptors (Lipinski definition) is 10. The van der Waals surface area contributed by atoms with Crippen molar-refractivity contribution in [3.63, 3.8) is 0 Å². The lowest BCUT2D eigenvalue weighted by molar-refractivity contribution is -0.137. The van der Waals surface area contributed by atoms with Crippen LogP contribution in [0.1, 0.15) is 99.8 Å². The maximum atomic E-state index is 12.6. The average molecular weight is 795 g/mol. The van der Waals surface area contributed by atoms with Crippen LogP contribution in [0.15, 0.2) is 67.3 Å². The van der Waals surface area contributed by atoms with Gasteiger partial charge >= 0.3 is 12.1 Å². The van der Waals surface area contributed by atoms with E-state index >= 15 is 0 Å². The molecule has 11 nitrogen and oxygen atoms in total. The van der Waals surface area contributed by atoms with Crippen LogP contribution in [0.2, 0.25) is 0 Å². The molecule has 2 N–H and O–H groups in total. The fraction of sp³-hybridized carbons (Fsp3) is 0.468. The number of carbonyl (C=O) groups excluding carboxylic acids is 2. The predicted molar refractivity (Wildman–Crippen MR) is 229 cm³/mol. The summed E-state index contributed by atoms with van der Waals surface area (Å²) in [7, 11) is 0. The lowest BCUT2D eigenvalue weighted by Crippen LogP contribution is -2.36. The molecule has 1 aromatic heterocycles. The van der Waals surface area contributed by atoms with E-state index in [-0.39, 0.29) is 32.1 Å². The number of ether oxygens (including phenoxy) is 4. The van der Waals surface area contributed by atoms with Crippen LogP contribution in [0, 0.1) is 27.7 Å². The third kappa shape index (κ3) is 15.2. The van der Waals surface area contributed by atoms with Crippen LogP contribution >= 0.6 is 0 Å². The van der Waals surface area contributed by atoms with Gasteiger partial charge in [0, 0.05) is 29.9 Å². The molecule has 312 valence electrons. The van der Waals surface area contributed by atoms with Crippen molar-refractivity contribution in [2.45, 2.75) is 111 Å². The molecular formula is C47H62N4O7. The Morgan fingerprint density at radius 3 is 1.78 bits per heavy atom. The number of alkyl carbamates (subject to hydrolysis) is 1. The summed E-state index contributed by atoms with van der Waals surface area (Å²) in [5, 5.41) is 13.9. The third-order valence-corrected chi connectivity index (χ3v) is 9.78. The second-order valence-electron chi connectivity index (χ2n) is 14.9. The van der Waals surface area contributed by atoms with Crippen LogP contribution in [0.3, 0.4) is 0 Å². The number of rotatable bonds is 25. The highest BCUT2D eigenvalue weighted by atomic mass is 16.6. The fourth-order valence-electron chi connectivity index (χ4n) is 6.60. The standard InChI is InChI=1S/C47H62N4O7/c1-7-9-10-11-12-13-14-15-16-17-18-26-55-31-38(58-47(54)48-25-27-56-43(53)8-2)32-57-37-21-24-41(42(52)30-37)46-50-44(39-22-19-33(3)28-35(39)5)49-45(51-46)40-23-20-34(4)29-36(40)6/h8,19-24,28-30,38,52H,2,7,9-18,25-27,31-32H2,1,3-6H3,(H,48,54). The molecule has 3 aromatic carbocycles. The number of phenols is 1. The molecule has 0 spiro atoms. The predicted octanol–water partition coefficient (Wildman–Crippen LogP) is 10.3. The molecule has 58 heavy (non-hydrogen) atoms. The monoisotopic (exact) mass is 794 g/mol. The Bertz CT molecular complexity index is 1860. The molecule has 0 bridgehead atoms. The summed E-state index contributed by atoms with van der Waals surface area (Å²) in [6, 6.07) is 17.1. The summed E-state index contributed by atoms with van der Waals surface area (Å²) in [5.41, 5.74) is 6.48. The minimum absolute atomic E-state index is 0.0263.